The van der Waals surface area contributed by atoms with Gasteiger partial charge < -0.3 is 15.3 Å². The van der Waals surface area contributed by atoms with E-state index in [-0.39, 0.29) is 69.2 Å². The fourth-order valence-electron chi connectivity index (χ4n) is 15.0. The number of carboxylic acid groups (broad SMARTS) is 1. The molecule has 6 heteroatoms. The second-order valence-electron chi connectivity index (χ2n) is 18.7. The zero-order valence-corrected chi connectivity index (χ0v) is 29.2. The van der Waals surface area contributed by atoms with Crippen LogP contribution in [0.1, 0.15) is 113 Å². The predicted octanol–water partition coefficient (Wildman–Crippen LogP) is 7.86. The molecule has 7 rings (SSSR count). The summed E-state index contributed by atoms with van der Waals surface area (Å²) in [6, 6.07) is 0. The number of carbonyl (C=O) groups excluding carboxylic acids is 2. The molecular formula is C40H56O6. The molecule has 7 aliphatic rings. The van der Waals surface area contributed by atoms with Crippen LogP contribution in [0.25, 0.3) is 0 Å². The molecule has 0 heterocycles. The molecule has 46 heavy (non-hydrogen) atoms. The van der Waals surface area contributed by atoms with Crippen molar-refractivity contribution in [1.82, 2.24) is 0 Å². The lowest BCUT2D eigenvalue weighted by Gasteiger charge is -2.64. The first-order valence-electron chi connectivity index (χ1n) is 18.1. The zero-order valence-electron chi connectivity index (χ0n) is 29.2. The molecule has 6 saturated carbocycles. The highest BCUT2D eigenvalue weighted by molar-refractivity contribution is 6.18. The van der Waals surface area contributed by atoms with Gasteiger partial charge in [-0.3, -0.25) is 14.4 Å². The van der Waals surface area contributed by atoms with Gasteiger partial charge in [0.05, 0.1) is 22.3 Å². The minimum absolute atomic E-state index is 0.0369. The molecule has 0 aromatic rings. The van der Waals surface area contributed by atoms with Crippen molar-refractivity contribution in [1.29, 1.82) is 0 Å². The first-order chi connectivity index (χ1) is 21.3. The minimum Gasteiger partial charge on any atom is -0.504 e. The highest BCUT2D eigenvalue weighted by atomic mass is 16.4. The molecular weight excluding hydrogens is 576 g/mol. The SMILES string of the molecule is C=C1CCC2C(C)(C(=O)O)CCCC2(C)C1CC1C(=C)C2CC34C(=O)C(C(C)C)=C(O)C(=O)C13C1(C)CCCC(C)(C)C1C4C2O. The van der Waals surface area contributed by atoms with Gasteiger partial charge in [0.1, 0.15) is 0 Å². The molecule has 0 amide bonds. The molecule has 2 bridgehead atoms. The molecule has 3 N–H and O–H groups in total. The molecule has 252 valence electrons. The van der Waals surface area contributed by atoms with Crippen molar-refractivity contribution >= 4 is 17.5 Å². The molecule has 12 atom stereocenters. The number of carboxylic acids is 1. The summed E-state index contributed by atoms with van der Waals surface area (Å²) >= 11 is 0. The molecule has 12 unspecified atom stereocenters. The van der Waals surface area contributed by atoms with Crippen molar-refractivity contribution in [3.05, 3.63) is 35.6 Å². The van der Waals surface area contributed by atoms with Gasteiger partial charge in [0, 0.05) is 17.4 Å². The van der Waals surface area contributed by atoms with E-state index in [0.29, 0.717) is 19.3 Å². The van der Waals surface area contributed by atoms with Crippen LogP contribution in [0, 0.1) is 73.9 Å². The summed E-state index contributed by atoms with van der Waals surface area (Å²) in [5, 5.41) is 34.9. The van der Waals surface area contributed by atoms with Crippen LogP contribution in [0.4, 0.5) is 0 Å². The Bertz CT molecular complexity index is 1500. The van der Waals surface area contributed by atoms with Gasteiger partial charge >= 0.3 is 5.97 Å². The normalized spacial score (nSPS) is 50.8. The van der Waals surface area contributed by atoms with Crippen LogP contribution >= 0.6 is 0 Å². The third-order valence-corrected chi connectivity index (χ3v) is 16.4. The third-order valence-electron chi connectivity index (χ3n) is 16.4. The molecule has 1 spiro atoms. The Morgan fingerprint density at radius 3 is 2.24 bits per heavy atom. The summed E-state index contributed by atoms with van der Waals surface area (Å²) in [4.78, 5) is 43.6. The number of hydrogen-bond donors (Lipinski definition) is 3. The van der Waals surface area contributed by atoms with Crippen LogP contribution in [0.3, 0.4) is 0 Å². The Hall–Kier alpha value is -2.21. The first kappa shape index (κ1) is 32.3. The maximum absolute atomic E-state index is 15.5. The third kappa shape index (κ3) is 3.27. The van der Waals surface area contributed by atoms with Crippen molar-refractivity contribution < 1.29 is 29.7 Å². The maximum atomic E-state index is 15.5. The van der Waals surface area contributed by atoms with Crippen molar-refractivity contribution in [3.63, 3.8) is 0 Å². The van der Waals surface area contributed by atoms with E-state index in [1.807, 2.05) is 20.8 Å². The number of Topliss-reactive ketones (excluding diaryl/α,β-unsaturated/α-hetero) is 2. The molecule has 0 radical (unpaired) electrons. The van der Waals surface area contributed by atoms with Crippen LogP contribution in [-0.4, -0.2) is 39.0 Å². The zero-order chi connectivity index (χ0) is 33.7. The quantitative estimate of drug-likeness (QED) is 0.272. The largest absolute Gasteiger partial charge is 0.504 e. The molecule has 0 saturated heterocycles. The molecule has 6 nitrogen and oxygen atoms in total. The van der Waals surface area contributed by atoms with Gasteiger partial charge in [-0.05, 0) is 104 Å². The number of fused-ring (bicyclic) bond motifs is 4. The van der Waals surface area contributed by atoms with Crippen LogP contribution in [0.15, 0.2) is 35.6 Å². The van der Waals surface area contributed by atoms with Gasteiger partial charge in [0.25, 0.3) is 0 Å². The number of rotatable bonds is 4. The highest BCUT2D eigenvalue weighted by Gasteiger charge is 2.89. The average molecular weight is 633 g/mol. The van der Waals surface area contributed by atoms with Gasteiger partial charge in [0.15, 0.2) is 11.5 Å². The first-order valence-corrected chi connectivity index (χ1v) is 18.1. The Morgan fingerprint density at radius 2 is 1.61 bits per heavy atom. The Balaban J connectivity index is 1.49. The Labute approximate surface area is 275 Å². The van der Waals surface area contributed by atoms with Crippen LogP contribution in [0.5, 0.6) is 0 Å². The van der Waals surface area contributed by atoms with Crippen molar-refractivity contribution in [3.8, 4) is 0 Å². The van der Waals surface area contributed by atoms with Gasteiger partial charge in [0.2, 0.25) is 5.78 Å². The number of allylic oxidation sites excluding steroid dienone is 3. The number of aliphatic hydroxyl groups is 2. The maximum Gasteiger partial charge on any atom is 0.309 e. The second kappa shape index (κ2) is 9.48. The van der Waals surface area contributed by atoms with E-state index >= 15 is 9.59 Å². The molecule has 7 aliphatic carbocycles. The van der Waals surface area contributed by atoms with Gasteiger partial charge in [-0.2, -0.15) is 0 Å². The Morgan fingerprint density at radius 1 is 0.957 bits per heavy atom. The van der Waals surface area contributed by atoms with E-state index in [1.54, 1.807) is 0 Å². The lowest BCUT2D eigenvalue weighted by atomic mass is 9.36. The Kier molecular flexibility index (Phi) is 6.66. The summed E-state index contributed by atoms with van der Waals surface area (Å²) in [6.07, 6.45) is 6.68. The van der Waals surface area contributed by atoms with Crippen LogP contribution in [-0.2, 0) is 14.4 Å². The number of aliphatic carboxylic acids is 1. The molecule has 0 aliphatic heterocycles. The summed E-state index contributed by atoms with van der Waals surface area (Å²) in [6.45, 7) is 24.0. The van der Waals surface area contributed by atoms with Crippen LogP contribution in [0.2, 0.25) is 0 Å². The summed E-state index contributed by atoms with van der Waals surface area (Å²) in [5.41, 5.74) is -2.17. The van der Waals surface area contributed by atoms with E-state index in [2.05, 4.69) is 34.3 Å². The van der Waals surface area contributed by atoms with Crippen molar-refractivity contribution in [2.24, 2.45) is 73.9 Å². The number of carbonyl (C=O) groups is 3. The highest BCUT2D eigenvalue weighted by Crippen LogP contribution is 2.87. The fraction of sp³-hybridized carbons (Fsp3) is 0.775. The van der Waals surface area contributed by atoms with E-state index in [1.165, 1.54) is 0 Å². The topological polar surface area (TPSA) is 112 Å². The average Bonchev–Trinajstić information content (AvgIpc) is 3.35. The lowest BCUT2D eigenvalue weighted by Crippen LogP contribution is -2.67. The summed E-state index contributed by atoms with van der Waals surface area (Å²) in [7, 11) is 0. The number of aliphatic hydroxyl groups excluding tert-OH is 2. The van der Waals surface area contributed by atoms with Gasteiger partial charge in [-0.1, -0.05) is 78.7 Å². The van der Waals surface area contributed by atoms with Gasteiger partial charge in [-0.15, -0.1) is 0 Å². The summed E-state index contributed by atoms with van der Waals surface area (Å²) in [5.74, 6) is -3.13. The fourth-order valence-corrected chi connectivity index (χ4v) is 15.0. The lowest BCUT2D eigenvalue weighted by molar-refractivity contribution is -0.178. The smallest absolute Gasteiger partial charge is 0.309 e. The molecule has 0 aromatic heterocycles. The van der Waals surface area contributed by atoms with Crippen molar-refractivity contribution in [2.75, 3.05) is 0 Å². The molecule has 6 fully saturated rings. The second-order valence-corrected chi connectivity index (χ2v) is 18.7. The van der Waals surface area contributed by atoms with E-state index in [0.717, 1.165) is 56.1 Å². The van der Waals surface area contributed by atoms with E-state index in [4.69, 9.17) is 6.58 Å². The number of ketones is 2. The van der Waals surface area contributed by atoms with E-state index < -0.39 is 39.7 Å². The van der Waals surface area contributed by atoms with E-state index in [9.17, 15) is 20.1 Å². The monoisotopic (exact) mass is 632 g/mol. The van der Waals surface area contributed by atoms with Crippen molar-refractivity contribution in [2.45, 2.75) is 119 Å². The number of hydrogen-bond acceptors (Lipinski definition) is 5. The standard InChI is InChI=1S/C40H56O6/c1-20(2)27-30(42)33(44)40-25(18-24-21(3)12-13-26-36(24,7)15-11-16-37(26,8)34(45)46)22(4)23-19-39(40,32(27)43)28(29(23)41)31-35(5,6)14-10-17-38(31,40)9/h20,23-26,28-29,31,41-42H,3-4,10-19H2,1-2,5-9H3,(H,45,46). The summed E-state index contributed by atoms with van der Waals surface area (Å²) < 4.78 is 0. The van der Waals surface area contributed by atoms with Gasteiger partial charge in [-0.25, -0.2) is 0 Å². The van der Waals surface area contributed by atoms with Crippen LogP contribution < -0.4 is 0 Å². The predicted molar refractivity (Wildman–Crippen MR) is 177 cm³/mol. The minimum atomic E-state index is -1.23. The molecule has 0 aromatic carbocycles.